The van der Waals surface area contributed by atoms with Crippen LogP contribution in [0.1, 0.15) is 49.3 Å². The van der Waals surface area contributed by atoms with Gasteiger partial charge in [-0.05, 0) is 42.9 Å². The van der Waals surface area contributed by atoms with Gasteiger partial charge in [0.2, 0.25) is 11.8 Å². The fourth-order valence-corrected chi connectivity index (χ4v) is 3.21. The smallest absolute Gasteiger partial charge is 0.240 e. The molecule has 2 N–H and O–H groups in total. The number of anilines is 1. The van der Waals surface area contributed by atoms with E-state index in [9.17, 15) is 9.59 Å². The molecule has 0 aliphatic heterocycles. The number of hydrogen-bond donors (Lipinski definition) is 2. The third kappa shape index (κ3) is 3.79. The second kappa shape index (κ2) is 7.32. The topological polar surface area (TPSA) is 58.2 Å². The largest absolute Gasteiger partial charge is 0.351 e. The Labute approximate surface area is 155 Å². The summed E-state index contributed by atoms with van der Waals surface area (Å²) in [4.78, 5) is 25.5. The van der Waals surface area contributed by atoms with E-state index in [0.29, 0.717) is 25.3 Å². The quantitative estimate of drug-likeness (QED) is 0.769. The van der Waals surface area contributed by atoms with E-state index in [1.54, 1.807) is 0 Å². The van der Waals surface area contributed by atoms with E-state index in [4.69, 9.17) is 0 Å². The molecular formula is C22H26N2O2. The van der Waals surface area contributed by atoms with Crippen molar-refractivity contribution in [2.45, 2.75) is 46.1 Å². The highest BCUT2D eigenvalue weighted by Gasteiger charge is 2.56. The first-order valence-corrected chi connectivity index (χ1v) is 9.16. The fourth-order valence-electron chi connectivity index (χ4n) is 3.21. The SMILES string of the molecule is Cc1cccc(CNC(=O)C2(C(=O)Nc3ccccc3C(C)C)CC2)c1. The summed E-state index contributed by atoms with van der Waals surface area (Å²) in [6, 6.07) is 15.8. The van der Waals surface area contributed by atoms with Crippen LogP contribution in [-0.4, -0.2) is 11.8 Å². The summed E-state index contributed by atoms with van der Waals surface area (Å²) >= 11 is 0. The molecule has 0 aromatic heterocycles. The molecule has 4 nitrogen and oxygen atoms in total. The second-order valence-electron chi connectivity index (χ2n) is 7.45. The molecule has 4 heteroatoms. The summed E-state index contributed by atoms with van der Waals surface area (Å²) in [7, 11) is 0. The molecule has 0 spiro atoms. The van der Waals surface area contributed by atoms with Gasteiger partial charge in [0.25, 0.3) is 0 Å². The van der Waals surface area contributed by atoms with Gasteiger partial charge >= 0.3 is 0 Å². The maximum atomic E-state index is 12.8. The predicted molar refractivity (Wildman–Crippen MR) is 104 cm³/mol. The van der Waals surface area contributed by atoms with Gasteiger partial charge in [-0.3, -0.25) is 9.59 Å². The molecule has 3 rings (SSSR count). The highest BCUT2D eigenvalue weighted by Crippen LogP contribution is 2.47. The van der Waals surface area contributed by atoms with Crippen LogP contribution in [0.5, 0.6) is 0 Å². The average Bonchev–Trinajstić information content (AvgIpc) is 3.42. The van der Waals surface area contributed by atoms with Crippen LogP contribution in [0.15, 0.2) is 48.5 Å². The predicted octanol–water partition coefficient (Wildman–Crippen LogP) is 4.15. The molecule has 0 radical (unpaired) electrons. The zero-order chi connectivity index (χ0) is 18.7. The Morgan fingerprint density at radius 1 is 1.04 bits per heavy atom. The summed E-state index contributed by atoms with van der Waals surface area (Å²) in [6.45, 7) is 6.64. The number of aryl methyl sites for hydroxylation is 1. The molecule has 0 heterocycles. The van der Waals surface area contributed by atoms with E-state index in [0.717, 1.165) is 22.4 Å². The van der Waals surface area contributed by atoms with Crippen molar-refractivity contribution in [3.63, 3.8) is 0 Å². The molecule has 2 amide bonds. The fraction of sp³-hybridized carbons (Fsp3) is 0.364. The summed E-state index contributed by atoms with van der Waals surface area (Å²) in [5.41, 5.74) is 3.15. The number of nitrogens with one attached hydrogen (secondary N) is 2. The molecule has 26 heavy (non-hydrogen) atoms. The first-order chi connectivity index (χ1) is 12.4. The van der Waals surface area contributed by atoms with E-state index >= 15 is 0 Å². The van der Waals surface area contributed by atoms with E-state index < -0.39 is 5.41 Å². The Morgan fingerprint density at radius 2 is 1.77 bits per heavy atom. The molecule has 2 aromatic rings. The van der Waals surface area contributed by atoms with Crippen LogP contribution in [0.4, 0.5) is 5.69 Å². The van der Waals surface area contributed by atoms with Gasteiger partial charge in [0.15, 0.2) is 0 Å². The standard InChI is InChI=1S/C22H26N2O2/c1-15(2)18-9-4-5-10-19(18)24-21(26)22(11-12-22)20(25)23-14-17-8-6-7-16(3)13-17/h4-10,13,15H,11-12,14H2,1-3H3,(H,23,25)(H,24,26). The highest BCUT2D eigenvalue weighted by molar-refractivity contribution is 6.13. The average molecular weight is 350 g/mol. The van der Waals surface area contributed by atoms with Gasteiger partial charge < -0.3 is 10.6 Å². The first kappa shape index (κ1) is 18.2. The second-order valence-corrected chi connectivity index (χ2v) is 7.45. The summed E-state index contributed by atoms with van der Waals surface area (Å²) in [5, 5.41) is 5.92. The summed E-state index contributed by atoms with van der Waals surface area (Å²) < 4.78 is 0. The molecule has 0 atom stereocenters. The van der Waals surface area contributed by atoms with E-state index in [-0.39, 0.29) is 11.8 Å². The maximum absolute atomic E-state index is 12.8. The van der Waals surface area contributed by atoms with Crippen molar-refractivity contribution < 1.29 is 9.59 Å². The lowest BCUT2D eigenvalue weighted by Crippen LogP contribution is -2.39. The van der Waals surface area contributed by atoms with Crippen molar-refractivity contribution >= 4 is 17.5 Å². The van der Waals surface area contributed by atoms with Crippen molar-refractivity contribution in [3.05, 3.63) is 65.2 Å². The highest BCUT2D eigenvalue weighted by atomic mass is 16.2. The number of hydrogen-bond acceptors (Lipinski definition) is 2. The number of carbonyl (C=O) groups excluding carboxylic acids is 2. The van der Waals surface area contributed by atoms with Crippen LogP contribution in [0.2, 0.25) is 0 Å². The lowest BCUT2D eigenvalue weighted by molar-refractivity contribution is -0.134. The molecule has 1 fully saturated rings. The number of para-hydroxylation sites is 1. The minimum atomic E-state index is -0.923. The van der Waals surface area contributed by atoms with Crippen LogP contribution in [-0.2, 0) is 16.1 Å². The van der Waals surface area contributed by atoms with Gasteiger partial charge in [-0.2, -0.15) is 0 Å². The number of carbonyl (C=O) groups is 2. The molecule has 136 valence electrons. The summed E-state index contributed by atoms with van der Waals surface area (Å²) in [5.74, 6) is -0.0809. The molecule has 2 aromatic carbocycles. The zero-order valence-electron chi connectivity index (χ0n) is 15.6. The molecule has 0 unspecified atom stereocenters. The third-order valence-corrected chi connectivity index (χ3v) is 4.99. The van der Waals surface area contributed by atoms with Gasteiger partial charge in [-0.15, -0.1) is 0 Å². The molecule has 1 aliphatic rings. The monoisotopic (exact) mass is 350 g/mol. The van der Waals surface area contributed by atoms with Crippen LogP contribution < -0.4 is 10.6 Å². The first-order valence-electron chi connectivity index (χ1n) is 9.16. The Bertz CT molecular complexity index is 822. The van der Waals surface area contributed by atoms with E-state index in [1.165, 1.54) is 0 Å². The lowest BCUT2D eigenvalue weighted by atomic mass is 9.99. The van der Waals surface area contributed by atoms with Gasteiger partial charge in [0, 0.05) is 12.2 Å². The molecule has 1 saturated carbocycles. The van der Waals surface area contributed by atoms with Crippen LogP contribution >= 0.6 is 0 Å². The minimum absolute atomic E-state index is 0.182. The third-order valence-electron chi connectivity index (χ3n) is 4.99. The van der Waals surface area contributed by atoms with Gasteiger partial charge in [0.1, 0.15) is 5.41 Å². The molecule has 0 saturated heterocycles. The van der Waals surface area contributed by atoms with Gasteiger partial charge in [-0.25, -0.2) is 0 Å². The molecular weight excluding hydrogens is 324 g/mol. The Kier molecular flexibility index (Phi) is 5.12. The van der Waals surface area contributed by atoms with Crippen LogP contribution in [0.25, 0.3) is 0 Å². The molecule has 1 aliphatic carbocycles. The van der Waals surface area contributed by atoms with Crippen molar-refractivity contribution in [3.8, 4) is 0 Å². The van der Waals surface area contributed by atoms with E-state index in [1.807, 2.05) is 55.5 Å². The van der Waals surface area contributed by atoms with Crippen molar-refractivity contribution in [1.82, 2.24) is 5.32 Å². The number of rotatable bonds is 6. The Balaban J connectivity index is 1.66. The maximum Gasteiger partial charge on any atom is 0.240 e. The Hall–Kier alpha value is -2.62. The van der Waals surface area contributed by atoms with Crippen molar-refractivity contribution in [1.29, 1.82) is 0 Å². The summed E-state index contributed by atoms with van der Waals surface area (Å²) in [6.07, 6.45) is 1.20. The number of amides is 2. The Morgan fingerprint density at radius 3 is 2.42 bits per heavy atom. The van der Waals surface area contributed by atoms with Crippen molar-refractivity contribution in [2.24, 2.45) is 5.41 Å². The van der Waals surface area contributed by atoms with Crippen molar-refractivity contribution in [2.75, 3.05) is 5.32 Å². The zero-order valence-corrected chi connectivity index (χ0v) is 15.6. The van der Waals surface area contributed by atoms with Gasteiger partial charge in [0.05, 0.1) is 0 Å². The normalized spacial score (nSPS) is 14.8. The van der Waals surface area contributed by atoms with Crippen LogP contribution in [0, 0.1) is 12.3 Å². The van der Waals surface area contributed by atoms with Gasteiger partial charge in [-0.1, -0.05) is 61.9 Å². The lowest BCUT2D eigenvalue weighted by Gasteiger charge is -2.18. The van der Waals surface area contributed by atoms with Crippen LogP contribution in [0.3, 0.4) is 0 Å². The molecule has 0 bridgehead atoms. The van der Waals surface area contributed by atoms with E-state index in [2.05, 4.69) is 24.5 Å². The number of benzene rings is 2. The minimum Gasteiger partial charge on any atom is -0.351 e.